The zero-order valence-electron chi connectivity index (χ0n) is 11.7. The molecular formula is C14H17F2NO4. The first-order chi connectivity index (χ1) is 9.83. The quantitative estimate of drug-likeness (QED) is 0.805. The highest BCUT2D eigenvalue weighted by Crippen LogP contribution is 2.19. The number of nitrogens with one attached hydrogen (secondary N) is 1. The summed E-state index contributed by atoms with van der Waals surface area (Å²) in [5.41, 5.74) is 1.50. The third-order valence-electron chi connectivity index (χ3n) is 2.88. The second-order valence-electron chi connectivity index (χ2n) is 4.57. The van der Waals surface area contributed by atoms with Crippen molar-refractivity contribution in [3.63, 3.8) is 0 Å². The van der Waals surface area contributed by atoms with E-state index in [0.29, 0.717) is 11.3 Å². The molecule has 1 aromatic carbocycles. The number of alkyl halides is 2. The smallest absolute Gasteiger partial charge is 0.326 e. The van der Waals surface area contributed by atoms with Gasteiger partial charge in [-0.1, -0.05) is 12.1 Å². The summed E-state index contributed by atoms with van der Waals surface area (Å²) in [6.07, 6.45) is -3.83. The van der Waals surface area contributed by atoms with Crippen LogP contribution in [0.1, 0.15) is 17.5 Å². The fourth-order valence-electron chi connectivity index (χ4n) is 1.80. The molecule has 0 heterocycles. The Kier molecular flexibility index (Phi) is 6.08. The van der Waals surface area contributed by atoms with Gasteiger partial charge in [0.15, 0.2) is 0 Å². The Labute approximate surface area is 120 Å². The van der Waals surface area contributed by atoms with Crippen LogP contribution >= 0.6 is 0 Å². The monoisotopic (exact) mass is 301 g/mol. The van der Waals surface area contributed by atoms with E-state index in [1.165, 1.54) is 7.11 Å². The van der Waals surface area contributed by atoms with Crippen molar-refractivity contribution in [2.45, 2.75) is 32.2 Å². The average Bonchev–Trinajstić information content (AvgIpc) is 2.39. The number of aliphatic carboxylic acids is 1. The second kappa shape index (κ2) is 7.56. The fraction of sp³-hybridized carbons (Fsp3) is 0.429. The molecule has 0 aliphatic rings. The normalized spacial score (nSPS) is 12.0. The van der Waals surface area contributed by atoms with Gasteiger partial charge in [-0.05, 0) is 24.1 Å². The van der Waals surface area contributed by atoms with E-state index in [4.69, 9.17) is 9.84 Å². The number of halogens is 2. The Morgan fingerprint density at radius 1 is 1.38 bits per heavy atom. The number of carbonyl (C=O) groups is 2. The molecule has 1 amide bonds. The molecule has 0 bridgehead atoms. The Morgan fingerprint density at radius 3 is 2.57 bits per heavy atom. The Hall–Kier alpha value is -2.18. The summed E-state index contributed by atoms with van der Waals surface area (Å²) < 4.78 is 29.6. The molecule has 21 heavy (non-hydrogen) atoms. The lowest BCUT2D eigenvalue weighted by atomic mass is 10.1. The van der Waals surface area contributed by atoms with Gasteiger partial charge in [-0.15, -0.1) is 0 Å². The zero-order chi connectivity index (χ0) is 16.0. The van der Waals surface area contributed by atoms with Crippen molar-refractivity contribution in [3.05, 3.63) is 29.3 Å². The SMILES string of the molecule is COc1cc(CC(=O)NC(CC(F)F)C(=O)O)ccc1C. The van der Waals surface area contributed by atoms with Crippen LogP contribution in [0.2, 0.25) is 0 Å². The summed E-state index contributed by atoms with van der Waals surface area (Å²) in [7, 11) is 1.50. The number of hydrogen-bond acceptors (Lipinski definition) is 3. The number of carboxylic acid groups (broad SMARTS) is 1. The first-order valence-corrected chi connectivity index (χ1v) is 6.27. The average molecular weight is 301 g/mol. The van der Waals surface area contributed by atoms with Crippen LogP contribution in [0.25, 0.3) is 0 Å². The summed E-state index contributed by atoms with van der Waals surface area (Å²) in [6.45, 7) is 1.84. The van der Waals surface area contributed by atoms with Crippen molar-refractivity contribution >= 4 is 11.9 Å². The van der Waals surface area contributed by atoms with E-state index in [-0.39, 0.29) is 6.42 Å². The highest BCUT2D eigenvalue weighted by molar-refractivity contribution is 5.84. The Balaban J connectivity index is 2.69. The lowest BCUT2D eigenvalue weighted by molar-refractivity contribution is -0.142. The maximum atomic E-state index is 12.2. The summed E-state index contributed by atoms with van der Waals surface area (Å²) in [5, 5.41) is 10.9. The van der Waals surface area contributed by atoms with Crippen LogP contribution in [0.4, 0.5) is 8.78 Å². The van der Waals surface area contributed by atoms with Crippen LogP contribution < -0.4 is 10.1 Å². The Bertz CT molecular complexity index is 520. The van der Waals surface area contributed by atoms with E-state index in [9.17, 15) is 18.4 Å². The van der Waals surface area contributed by atoms with Crippen LogP contribution in [0.5, 0.6) is 5.75 Å². The molecule has 0 radical (unpaired) electrons. The van der Waals surface area contributed by atoms with E-state index < -0.39 is 30.8 Å². The van der Waals surface area contributed by atoms with Crippen molar-refractivity contribution < 1.29 is 28.2 Å². The van der Waals surface area contributed by atoms with Crippen molar-refractivity contribution in [1.29, 1.82) is 0 Å². The van der Waals surface area contributed by atoms with Gasteiger partial charge < -0.3 is 15.2 Å². The van der Waals surface area contributed by atoms with E-state index >= 15 is 0 Å². The number of aryl methyl sites for hydroxylation is 1. The highest BCUT2D eigenvalue weighted by Gasteiger charge is 2.24. The van der Waals surface area contributed by atoms with Gasteiger partial charge in [0.25, 0.3) is 0 Å². The van der Waals surface area contributed by atoms with E-state index in [1.54, 1.807) is 18.2 Å². The van der Waals surface area contributed by atoms with Crippen LogP contribution in [-0.2, 0) is 16.0 Å². The van der Waals surface area contributed by atoms with Gasteiger partial charge in [-0.3, -0.25) is 4.79 Å². The lowest BCUT2D eigenvalue weighted by Gasteiger charge is -2.14. The lowest BCUT2D eigenvalue weighted by Crippen LogP contribution is -2.42. The number of benzene rings is 1. The zero-order valence-corrected chi connectivity index (χ0v) is 11.7. The number of hydrogen-bond donors (Lipinski definition) is 2. The van der Waals surface area contributed by atoms with Gasteiger partial charge in [0.05, 0.1) is 13.5 Å². The minimum atomic E-state index is -2.80. The first-order valence-electron chi connectivity index (χ1n) is 6.27. The number of rotatable bonds is 7. The minimum Gasteiger partial charge on any atom is -0.496 e. The summed E-state index contributed by atoms with van der Waals surface area (Å²) >= 11 is 0. The molecule has 0 aliphatic heterocycles. The van der Waals surface area contributed by atoms with Crippen molar-refractivity contribution in [1.82, 2.24) is 5.32 Å². The molecule has 0 aromatic heterocycles. The predicted molar refractivity (Wildman–Crippen MR) is 71.6 cm³/mol. The van der Waals surface area contributed by atoms with Crippen molar-refractivity contribution in [2.24, 2.45) is 0 Å². The predicted octanol–water partition coefficient (Wildman–Crippen LogP) is 1.77. The van der Waals surface area contributed by atoms with E-state index in [2.05, 4.69) is 5.32 Å². The molecule has 5 nitrogen and oxygen atoms in total. The maximum Gasteiger partial charge on any atom is 0.326 e. The fourth-order valence-corrected chi connectivity index (χ4v) is 1.80. The summed E-state index contributed by atoms with van der Waals surface area (Å²) in [5.74, 6) is -1.51. The van der Waals surface area contributed by atoms with E-state index in [0.717, 1.165) is 5.56 Å². The van der Waals surface area contributed by atoms with Crippen LogP contribution in [0.3, 0.4) is 0 Å². The van der Waals surface area contributed by atoms with Gasteiger partial charge in [-0.2, -0.15) is 0 Å². The number of amides is 1. The molecule has 1 rings (SSSR count). The van der Waals surface area contributed by atoms with Crippen molar-refractivity contribution in [3.8, 4) is 5.75 Å². The third kappa shape index (κ3) is 5.37. The van der Waals surface area contributed by atoms with Gasteiger partial charge in [-0.25, -0.2) is 13.6 Å². The standard InChI is InChI=1S/C14H17F2NO4/c1-8-3-4-9(5-11(8)21-2)6-13(18)17-10(14(19)20)7-12(15)16/h3-5,10,12H,6-7H2,1-2H3,(H,17,18)(H,19,20). The number of ether oxygens (including phenoxy) is 1. The molecule has 0 aliphatic carbocycles. The molecule has 0 saturated heterocycles. The number of carboxylic acids is 1. The van der Waals surface area contributed by atoms with Gasteiger partial charge in [0.2, 0.25) is 12.3 Å². The summed E-state index contributed by atoms with van der Waals surface area (Å²) in [4.78, 5) is 22.5. The van der Waals surface area contributed by atoms with Crippen LogP contribution in [0.15, 0.2) is 18.2 Å². The van der Waals surface area contributed by atoms with Gasteiger partial charge >= 0.3 is 5.97 Å². The van der Waals surface area contributed by atoms with Gasteiger partial charge in [0, 0.05) is 6.42 Å². The summed E-state index contributed by atoms with van der Waals surface area (Å²) in [6, 6.07) is 3.51. The molecule has 7 heteroatoms. The Morgan fingerprint density at radius 2 is 2.05 bits per heavy atom. The highest BCUT2D eigenvalue weighted by atomic mass is 19.3. The maximum absolute atomic E-state index is 12.2. The molecule has 1 atom stereocenters. The third-order valence-corrected chi connectivity index (χ3v) is 2.88. The topological polar surface area (TPSA) is 75.6 Å². The molecule has 0 fully saturated rings. The number of methoxy groups -OCH3 is 1. The molecule has 0 saturated carbocycles. The molecule has 1 unspecified atom stereocenters. The van der Waals surface area contributed by atoms with Crippen LogP contribution in [-0.4, -0.2) is 36.6 Å². The first kappa shape index (κ1) is 16.9. The second-order valence-corrected chi connectivity index (χ2v) is 4.57. The van der Waals surface area contributed by atoms with Gasteiger partial charge in [0.1, 0.15) is 11.8 Å². The van der Waals surface area contributed by atoms with Crippen LogP contribution in [0, 0.1) is 6.92 Å². The number of carbonyl (C=O) groups excluding carboxylic acids is 1. The molecular weight excluding hydrogens is 284 g/mol. The molecule has 1 aromatic rings. The molecule has 116 valence electrons. The van der Waals surface area contributed by atoms with E-state index in [1.807, 2.05) is 6.92 Å². The molecule has 0 spiro atoms. The molecule has 2 N–H and O–H groups in total. The van der Waals surface area contributed by atoms with Crippen molar-refractivity contribution in [2.75, 3.05) is 7.11 Å². The largest absolute Gasteiger partial charge is 0.496 e. The minimum absolute atomic E-state index is 0.107.